The molecule has 146 heavy (non-hydrogen) atoms. The third-order valence-corrected chi connectivity index (χ3v) is 16.2. The van der Waals surface area contributed by atoms with E-state index in [4.69, 9.17) is 0 Å². The van der Waals surface area contributed by atoms with Crippen LogP contribution in [0.3, 0.4) is 0 Å². The van der Waals surface area contributed by atoms with Gasteiger partial charge in [-0.2, -0.15) is 0 Å². The largest absolute Gasteiger partial charge is 0.356 e. The molecule has 0 atom stereocenters. The number of carbonyl (C=O) groups is 16. The van der Waals surface area contributed by atoms with E-state index < -0.39 is 0 Å². The molecule has 0 aliphatic heterocycles. The summed E-state index contributed by atoms with van der Waals surface area (Å²) in [6.07, 6.45) is 8.52. The van der Waals surface area contributed by atoms with E-state index in [0.29, 0.717) is 74.0 Å². The minimum absolute atomic E-state index is 0.00583. The Hall–Kier alpha value is -8.86. The van der Waals surface area contributed by atoms with E-state index in [2.05, 4.69) is 170 Å². The van der Waals surface area contributed by atoms with Crippen molar-refractivity contribution in [2.75, 3.05) is 52.4 Å². The fraction of sp³-hybridized carbons (Fsp3) is 0.838. The second kappa shape index (κ2) is 106. The lowest BCUT2D eigenvalue weighted by molar-refractivity contribution is -0.130. The molecule has 0 aliphatic carbocycles. The first kappa shape index (κ1) is 165. The molecule has 0 bridgehead atoms. The molecule has 0 unspecified atom stereocenters. The minimum Gasteiger partial charge on any atom is -0.356 e. The van der Waals surface area contributed by atoms with Gasteiger partial charge in [0.2, 0.25) is 94.5 Å². The SMILES string of the molecule is CC(C)/C=C/C(=O)NC(C)C.CC(C)CC(=O)NC(C)C.CC(C)CCC(=O)NC(C)C.CC(C)CCCNC(=O)C(C)C.CC(C)CNC(=O)C(C)C.CC(C)CNCC(=O)NC(C)C.CC(C)NC(=O)C(C)C.CC(C)NC(=O)C(C)C.CC(C)NC(=O)CC(=O)NC(C)C.CC(C)NC(=O)CNC(=O)C(C)C.CC(C)NC(=O)CNC(=O)C(C)C.CC(C)NCC(=O)NC(C)C.CC(C)NCCC(=O)NC(C)C. The number of hydrogen-bond acceptors (Lipinski definition) is 19. The Bertz CT molecular complexity index is 3160. The number of carbonyl (C=O) groups excluding carboxylic acids is 16. The molecule has 0 rings (SSSR count). The van der Waals surface area contributed by atoms with Crippen molar-refractivity contribution in [2.45, 2.75) is 490 Å². The molecular weight excluding hydrogens is 1860 g/mol. The zero-order chi connectivity index (χ0) is 118. The van der Waals surface area contributed by atoms with Crippen molar-refractivity contribution in [1.29, 1.82) is 0 Å². The van der Waals surface area contributed by atoms with Crippen molar-refractivity contribution in [2.24, 2.45) is 71.0 Å². The van der Waals surface area contributed by atoms with E-state index in [1.54, 1.807) is 33.8 Å². The van der Waals surface area contributed by atoms with Gasteiger partial charge in [-0.05, 0) is 234 Å². The van der Waals surface area contributed by atoms with Gasteiger partial charge in [-0.15, -0.1) is 0 Å². The molecule has 868 valence electrons. The Morgan fingerprint density at radius 1 is 0.205 bits per heavy atom. The van der Waals surface area contributed by atoms with Gasteiger partial charge in [0.15, 0.2) is 0 Å². The van der Waals surface area contributed by atoms with E-state index in [-0.39, 0.29) is 222 Å². The Kier molecular flexibility index (Phi) is 120. The molecule has 35 heteroatoms. The van der Waals surface area contributed by atoms with Crippen molar-refractivity contribution >= 4 is 94.5 Å². The molecule has 0 aromatic carbocycles. The Labute approximate surface area is 892 Å². The fourth-order valence-corrected chi connectivity index (χ4v) is 9.28. The molecular formula is C111H233N19O16. The summed E-state index contributed by atoms with van der Waals surface area (Å²) in [4.78, 5) is 176. The van der Waals surface area contributed by atoms with Crippen LogP contribution in [0.5, 0.6) is 0 Å². The van der Waals surface area contributed by atoms with Gasteiger partial charge in [-0.3, -0.25) is 76.7 Å². The normalized spacial score (nSPS) is 10.6. The molecule has 16 amide bonds. The Morgan fingerprint density at radius 3 is 0.740 bits per heavy atom. The number of rotatable bonds is 48. The zero-order valence-corrected chi connectivity index (χ0v) is 103. The first-order valence-corrected chi connectivity index (χ1v) is 54.1. The highest BCUT2D eigenvalue weighted by Gasteiger charge is 2.17. The molecule has 0 spiro atoms. The van der Waals surface area contributed by atoms with Crippen molar-refractivity contribution in [3.05, 3.63) is 12.2 Å². The lowest BCUT2D eigenvalue weighted by Crippen LogP contribution is -2.40. The van der Waals surface area contributed by atoms with E-state index in [9.17, 15) is 76.7 Å². The van der Waals surface area contributed by atoms with Crippen molar-refractivity contribution in [1.82, 2.24) is 101 Å². The number of amides is 16. The molecule has 0 fully saturated rings. The smallest absolute Gasteiger partial charge is 0.243 e. The molecule has 0 saturated heterocycles. The van der Waals surface area contributed by atoms with Crippen molar-refractivity contribution in [3.8, 4) is 0 Å². The van der Waals surface area contributed by atoms with Gasteiger partial charge in [-0.1, -0.05) is 200 Å². The van der Waals surface area contributed by atoms with Crippen molar-refractivity contribution < 1.29 is 76.7 Å². The average Bonchev–Trinajstić information content (AvgIpc) is 0.976. The molecule has 0 radical (unpaired) electrons. The molecule has 35 nitrogen and oxygen atoms in total. The van der Waals surface area contributed by atoms with Crippen LogP contribution in [0.1, 0.15) is 405 Å². The van der Waals surface area contributed by atoms with Gasteiger partial charge in [0.25, 0.3) is 0 Å². The summed E-state index contributed by atoms with van der Waals surface area (Å²) in [5.74, 6) is 3.88. The summed E-state index contributed by atoms with van der Waals surface area (Å²) in [5.41, 5.74) is 0. The van der Waals surface area contributed by atoms with Gasteiger partial charge in [0.1, 0.15) is 6.42 Å². The summed E-state index contributed by atoms with van der Waals surface area (Å²) >= 11 is 0. The summed E-state index contributed by atoms with van der Waals surface area (Å²) in [7, 11) is 0. The van der Waals surface area contributed by atoms with Crippen LogP contribution in [0, 0.1) is 71.0 Å². The van der Waals surface area contributed by atoms with Gasteiger partial charge in [0.05, 0.1) is 26.2 Å². The van der Waals surface area contributed by atoms with E-state index in [1.807, 2.05) is 269 Å². The highest BCUT2D eigenvalue weighted by Crippen LogP contribution is 2.06. The topological polar surface area (TPSA) is 502 Å². The van der Waals surface area contributed by atoms with Crippen LogP contribution in [0.2, 0.25) is 0 Å². The Balaban J connectivity index is -0.000000119. The zero-order valence-electron chi connectivity index (χ0n) is 103. The Morgan fingerprint density at radius 2 is 0.473 bits per heavy atom. The molecule has 0 aromatic heterocycles. The number of allylic oxidation sites excluding steroid dienone is 1. The summed E-state index contributed by atoms with van der Waals surface area (Å²) in [5, 5.41) is 53.3. The molecule has 19 N–H and O–H groups in total. The first-order valence-electron chi connectivity index (χ1n) is 54.1. The molecule has 0 heterocycles. The maximum Gasteiger partial charge on any atom is 0.243 e. The van der Waals surface area contributed by atoms with Crippen LogP contribution in [0.25, 0.3) is 0 Å². The maximum atomic E-state index is 11.1. The van der Waals surface area contributed by atoms with E-state index in [1.165, 1.54) is 6.42 Å². The predicted molar refractivity (Wildman–Crippen MR) is 610 cm³/mol. The minimum atomic E-state index is -0.229. The summed E-state index contributed by atoms with van der Waals surface area (Å²) in [6.45, 7) is 106. The molecule has 0 saturated carbocycles. The second-order valence-corrected chi connectivity index (χ2v) is 44.5. The van der Waals surface area contributed by atoms with Crippen LogP contribution in [-0.4, -0.2) is 231 Å². The van der Waals surface area contributed by atoms with Gasteiger partial charge >= 0.3 is 0 Å². The van der Waals surface area contributed by atoms with Gasteiger partial charge in [0, 0.05) is 159 Å². The third-order valence-electron chi connectivity index (χ3n) is 16.2. The standard InChI is InChI=1S/C10H21NO.3C9H18N2O2.2C9H20N2O.C9H19NO.C9H17NO.C8H18N2O.2C8H17NO.2C7H15NO/c1-8(2)6-5-7-11-10(12)9(3)4;2*1-6(2)9(13)10-5-8(12)11-7(3)4;1-6(2)10-8(12)5-9(13)11-7(3)4;1-7(2)5-10-6-9(12)11-8(3)4;1-7(2)10-6-5-9(12)11-8(3)4;2*1-7(2)5-6-9(11)10-8(3)4;1-6(2)9-5-8(11)10-7(3)4;1-6(2)5-9-8(10)7(3)4;1-6(2)5-8(10)9-7(3)4;2*1-5(2)7(9)8-6(3)4/h8-9H,5-7H2,1-4H3,(H,11,12);2*6-7H,5H2,1-4H3,(H,10,13)(H,11,12);6-7H,5H2,1-4H3,(H,10,12)(H,11,13);2*7-8,10H,5-6H2,1-4H3,(H,11,12);7-8H,5-6H2,1-4H3,(H,10,11);5-8H,1-4H3,(H,10,11);6-7,9H,5H2,1-4H3,(H,10,11);2*6-7H,5H2,1-4H3,(H,9,10);2*5-6H,1-4H3,(H,8,9)/b;;;;;;;6-5+;;;;;. The monoisotopic (exact) mass is 2090 g/mol. The van der Waals surface area contributed by atoms with Crippen LogP contribution in [0.4, 0.5) is 0 Å². The average molecular weight is 2090 g/mol. The maximum absolute atomic E-state index is 11.1. The first-order chi connectivity index (χ1) is 66.5. The van der Waals surface area contributed by atoms with Gasteiger partial charge in [-0.25, -0.2) is 0 Å². The summed E-state index contributed by atoms with van der Waals surface area (Å²) < 4.78 is 0. The highest BCUT2D eigenvalue weighted by molar-refractivity contribution is 5.97. The fourth-order valence-electron chi connectivity index (χ4n) is 9.28. The lowest BCUT2D eigenvalue weighted by Gasteiger charge is -2.10. The van der Waals surface area contributed by atoms with Crippen LogP contribution in [0.15, 0.2) is 12.2 Å². The number of hydrogen-bond donors (Lipinski definition) is 19. The van der Waals surface area contributed by atoms with E-state index in [0.717, 1.165) is 44.9 Å². The van der Waals surface area contributed by atoms with Crippen LogP contribution < -0.4 is 101 Å². The van der Waals surface area contributed by atoms with Crippen molar-refractivity contribution in [3.63, 3.8) is 0 Å². The lowest BCUT2D eigenvalue weighted by atomic mass is 10.1. The van der Waals surface area contributed by atoms with E-state index >= 15 is 0 Å². The van der Waals surface area contributed by atoms with Gasteiger partial charge < -0.3 is 101 Å². The quantitative estimate of drug-likeness (QED) is 0.0153. The molecule has 0 aliphatic rings. The number of nitrogens with one attached hydrogen (secondary N) is 19. The predicted octanol–water partition coefficient (Wildman–Crippen LogP) is 14.3. The second-order valence-electron chi connectivity index (χ2n) is 44.5. The molecule has 0 aromatic rings. The highest BCUT2D eigenvalue weighted by atomic mass is 16.2. The third kappa shape index (κ3) is 168. The van der Waals surface area contributed by atoms with Crippen LogP contribution in [-0.2, 0) is 76.7 Å². The van der Waals surface area contributed by atoms with Crippen LogP contribution >= 0.6 is 0 Å². The summed E-state index contributed by atoms with van der Waals surface area (Å²) in [6, 6.07) is 3.22.